The number of nitrogens with zero attached hydrogens (tertiary/aromatic N) is 2. The van der Waals surface area contributed by atoms with Gasteiger partial charge in [0.15, 0.2) is 0 Å². The van der Waals surface area contributed by atoms with Crippen molar-refractivity contribution in [2.45, 2.75) is 6.92 Å². The van der Waals surface area contributed by atoms with Crippen LogP contribution in [0.5, 0.6) is 0 Å². The molecular formula is C13H15N3OS. The van der Waals surface area contributed by atoms with Gasteiger partial charge in [-0.2, -0.15) is 0 Å². The molecule has 0 unspecified atom stereocenters. The molecular weight excluding hydrogens is 246 g/mol. The normalized spacial score (nSPS) is 10.2. The number of carbonyl (C=O) groups is 1. The molecule has 5 heteroatoms. The molecule has 1 amide bonds. The van der Waals surface area contributed by atoms with Gasteiger partial charge in [-0.25, -0.2) is 4.98 Å². The van der Waals surface area contributed by atoms with Crippen LogP contribution in [0, 0.1) is 6.92 Å². The monoisotopic (exact) mass is 261 g/mol. The Morgan fingerprint density at radius 2 is 1.94 bits per heavy atom. The third-order valence-electron chi connectivity index (χ3n) is 2.49. The van der Waals surface area contributed by atoms with Crippen LogP contribution in [0.4, 0.5) is 11.4 Å². The Kier molecular flexibility index (Phi) is 3.62. The molecule has 1 heterocycles. The van der Waals surface area contributed by atoms with E-state index < -0.39 is 0 Å². The van der Waals surface area contributed by atoms with Crippen molar-refractivity contribution < 1.29 is 4.79 Å². The summed E-state index contributed by atoms with van der Waals surface area (Å²) in [5.41, 5.74) is 1.89. The fourth-order valence-electron chi connectivity index (χ4n) is 1.50. The highest BCUT2D eigenvalue weighted by Gasteiger charge is 2.09. The van der Waals surface area contributed by atoms with Crippen molar-refractivity contribution >= 4 is 28.6 Å². The van der Waals surface area contributed by atoms with Crippen LogP contribution in [0.3, 0.4) is 0 Å². The summed E-state index contributed by atoms with van der Waals surface area (Å²) < 4.78 is 0. The van der Waals surface area contributed by atoms with E-state index in [1.54, 1.807) is 6.20 Å². The minimum atomic E-state index is -0.113. The first-order chi connectivity index (χ1) is 8.56. The largest absolute Gasteiger partial charge is 0.378 e. The molecule has 1 N–H and O–H groups in total. The summed E-state index contributed by atoms with van der Waals surface area (Å²) in [5, 5.41) is 3.74. The van der Waals surface area contributed by atoms with Crippen LogP contribution in [0.2, 0.25) is 0 Å². The highest BCUT2D eigenvalue weighted by atomic mass is 32.1. The lowest BCUT2D eigenvalue weighted by Crippen LogP contribution is -2.11. The first-order valence-electron chi connectivity index (χ1n) is 5.57. The molecule has 94 valence electrons. The average Bonchev–Trinajstić information content (AvgIpc) is 2.76. The van der Waals surface area contributed by atoms with Crippen LogP contribution in [0.1, 0.15) is 14.7 Å². The van der Waals surface area contributed by atoms with Gasteiger partial charge in [0.25, 0.3) is 5.91 Å². The van der Waals surface area contributed by atoms with E-state index >= 15 is 0 Å². The third-order valence-corrected chi connectivity index (χ3v) is 3.40. The zero-order chi connectivity index (χ0) is 13.1. The van der Waals surface area contributed by atoms with E-state index in [1.807, 2.05) is 50.2 Å². The standard InChI is InChI=1S/C13H15N3OS/c1-9-14-8-12(18-9)13(17)15-10-4-6-11(7-5-10)16(2)3/h4-8H,1-3H3,(H,15,17). The number of aryl methyl sites for hydroxylation is 1. The maximum absolute atomic E-state index is 11.9. The lowest BCUT2D eigenvalue weighted by atomic mass is 10.2. The van der Waals surface area contributed by atoms with E-state index in [0.717, 1.165) is 16.4 Å². The Bertz CT molecular complexity index is 546. The van der Waals surface area contributed by atoms with Crippen LogP contribution in [0.25, 0.3) is 0 Å². The van der Waals surface area contributed by atoms with Gasteiger partial charge in [0.1, 0.15) is 4.88 Å². The molecule has 0 bridgehead atoms. The number of hydrogen-bond donors (Lipinski definition) is 1. The van der Waals surface area contributed by atoms with E-state index in [4.69, 9.17) is 0 Å². The van der Waals surface area contributed by atoms with Gasteiger partial charge in [0, 0.05) is 25.5 Å². The number of aromatic nitrogens is 1. The molecule has 2 aromatic rings. The highest BCUT2D eigenvalue weighted by molar-refractivity contribution is 7.13. The van der Waals surface area contributed by atoms with Crippen molar-refractivity contribution in [2.75, 3.05) is 24.3 Å². The van der Waals surface area contributed by atoms with Gasteiger partial charge in [-0.05, 0) is 31.2 Å². The molecule has 1 aromatic heterocycles. The number of rotatable bonds is 3. The summed E-state index contributed by atoms with van der Waals surface area (Å²) in [6.45, 7) is 1.88. The van der Waals surface area contributed by atoms with Crippen LogP contribution in [0.15, 0.2) is 30.5 Å². The molecule has 0 aliphatic carbocycles. The fourth-order valence-corrected chi connectivity index (χ4v) is 2.17. The van der Waals surface area contributed by atoms with Gasteiger partial charge in [-0.1, -0.05) is 0 Å². The summed E-state index contributed by atoms with van der Waals surface area (Å²) in [7, 11) is 3.96. The molecule has 1 aromatic carbocycles. The van der Waals surface area contributed by atoms with Crippen molar-refractivity contribution in [1.29, 1.82) is 0 Å². The predicted octanol–water partition coefficient (Wildman–Crippen LogP) is 2.77. The Hall–Kier alpha value is -1.88. The van der Waals surface area contributed by atoms with Crippen molar-refractivity contribution in [2.24, 2.45) is 0 Å². The summed E-state index contributed by atoms with van der Waals surface area (Å²) in [6.07, 6.45) is 1.60. The molecule has 0 aliphatic rings. The lowest BCUT2D eigenvalue weighted by molar-refractivity contribution is 0.103. The number of thiazole rings is 1. The number of nitrogens with one attached hydrogen (secondary N) is 1. The number of hydrogen-bond acceptors (Lipinski definition) is 4. The minimum absolute atomic E-state index is 0.113. The Morgan fingerprint density at radius 1 is 1.28 bits per heavy atom. The van der Waals surface area contributed by atoms with E-state index in [1.165, 1.54) is 11.3 Å². The smallest absolute Gasteiger partial charge is 0.267 e. The maximum Gasteiger partial charge on any atom is 0.267 e. The first-order valence-corrected chi connectivity index (χ1v) is 6.39. The summed E-state index contributed by atoms with van der Waals surface area (Å²) in [6, 6.07) is 7.71. The summed E-state index contributed by atoms with van der Waals surface area (Å²) in [5.74, 6) is -0.113. The molecule has 0 aliphatic heterocycles. The third kappa shape index (κ3) is 2.87. The van der Waals surface area contributed by atoms with Crippen LogP contribution >= 0.6 is 11.3 Å². The second kappa shape index (κ2) is 5.18. The van der Waals surface area contributed by atoms with E-state index in [9.17, 15) is 4.79 Å². The average molecular weight is 261 g/mol. The molecule has 0 fully saturated rings. The Morgan fingerprint density at radius 3 is 2.44 bits per heavy atom. The number of amides is 1. The second-order valence-corrected chi connectivity index (χ2v) is 5.37. The number of benzene rings is 1. The van der Waals surface area contributed by atoms with Gasteiger partial charge in [-0.3, -0.25) is 4.79 Å². The quantitative estimate of drug-likeness (QED) is 0.924. The van der Waals surface area contributed by atoms with E-state index in [2.05, 4.69) is 10.3 Å². The van der Waals surface area contributed by atoms with Crippen molar-refractivity contribution in [3.05, 3.63) is 40.3 Å². The molecule has 4 nitrogen and oxygen atoms in total. The van der Waals surface area contributed by atoms with Crippen LogP contribution < -0.4 is 10.2 Å². The van der Waals surface area contributed by atoms with Crippen molar-refractivity contribution in [1.82, 2.24) is 4.98 Å². The topological polar surface area (TPSA) is 45.2 Å². The molecule has 2 rings (SSSR count). The number of anilines is 2. The van der Waals surface area contributed by atoms with Gasteiger partial charge < -0.3 is 10.2 Å². The molecule has 18 heavy (non-hydrogen) atoms. The SMILES string of the molecule is Cc1ncc(C(=O)Nc2ccc(N(C)C)cc2)s1. The summed E-state index contributed by atoms with van der Waals surface area (Å²) >= 11 is 1.39. The van der Waals surface area contributed by atoms with Gasteiger partial charge in [0.2, 0.25) is 0 Å². The van der Waals surface area contributed by atoms with Crippen molar-refractivity contribution in [3.63, 3.8) is 0 Å². The van der Waals surface area contributed by atoms with Crippen LogP contribution in [-0.4, -0.2) is 25.0 Å². The van der Waals surface area contributed by atoms with Gasteiger partial charge >= 0.3 is 0 Å². The lowest BCUT2D eigenvalue weighted by Gasteiger charge is -2.12. The molecule has 0 atom stereocenters. The highest BCUT2D eigenvalue weighted by Crippen LogP contribution is 2.18. The van der Waals surface area contributed by atoms with Crippen LogP contribution in [-0.2, 0) is 0 Å². The number of carbonyl (C=O) groups excluding carboxylic acids is 1. The predicted molar refractivity (Wildman–Crippen MR) is 75.6 cm³/mol. The molecule has 0 radical (unpaired) electrons. The maximum atomic E-state index is 11.9. The second-order valence-electron chi connectivity index (χ2n) is 4.14. The zero-order valence-corrected chi connectivity index (χ0v) is 11.4. The van der Waals surface area contributed by atoms with Gasteiger partial charge in [0.05, 0.1) is 11.2 Å². The van der Waals surface area contributed by atoms with E-state index in [0.29, 0.717) is 4.88 Å². The Labute approximate surface area is 110 Å². The Balaban J connectivity index is 2.07. The zero-order valence-electron chi connectivity index (χ0n) is 10.6. The van der Waals surface area contributed by atoms with Crippen molar-refractivity contribution in [3.8, 4) is 0 Å². The minimum Gasteiger partial charge on any atom is -0.378 e. The summed E-state index contributed by atoms with van der Waals surface area (Å²) in [4.78, 5) is 18.6. The van der Waals surface area contributed by atoms with Gasteiger partial charge in [-0.15, -0.1) is 11.3 Å². The molecule has 0 spiro atoms. The molecule has 0 saturated carbocycles. The first kappa shape index (κ1) is 12.6. The fraction of sp³-hybridized carbons (Fsp3) is 0.231. The molecule has 0 saturated heterocycles. The van der Waals surface area contributed by atoms with E-state index in [-0.39, 0.29) is 5.91 Å².